The maximum atomic E-state index is 9.01. The first-order valence-corrected chi connectivity index (χ1v) is 19.3. The molecule has 0 N–H and O–H groups in total. The van der Waals surface area contributed by atoms with Gasteiger partial charge in [-0.2, -0.15) is 6.07 Å². The molecule has 61 heavy (non-hydrogen) atoms. The van der Waals surface area contributed by atoms with Gasteiger partial charge in [0.05, 0.1) is 42.4 Å². The number of furan rings is 1. The van der Waals surface area contributed by atoms with Crippen molar-refractivity contribution in [3.63, 3.8) is 0 Å². The number of hydrogen-bond acceptors (Lipinski definition) is 3. The number of rotatable bonds is 7. The zero-order valence-electron chi connectivity index (χ0n) is 42.9. The molecule has 0 unspecified atom stereocenters. The molecule has 0 aliphatic carbocycles. The summed E-state index contributed by atoms with van der Waals surface area (Å²) < 4.78 is 105. The van der Waals surface area contributed by atoms with Crippen molar-refractivity contribution in [3.8, 4) is 50.9 Å². The molecular weight excluding hydrogens is 932 g/mol. The van der Waals surface area contributed by atoms with Crippen LogP contribution in [0.1, 0.15) is 40.0 Å². The van der Waals surface area contributed by atoms with Crippen molar-refractivity contribution in [2.45, 2.75) is 26.2 Å². The van der Waals surface area contributed by atoms with Gasteiger partial charge < -0.3 is 13.7 Å². The van der Waals surface area contributed by atoms with Gasteiger partial charge in [-0.15, -0.1) is 17.5 Å². The molecule has 4 heterocycles. The first-order chi connectivity index (χ1) is 33.5. The van der Waals surface area contributed by atoms with Crippen molar-refractivity contribution >= 4 is 43.8 Å². The van der Waals surface area contributed by atoms with E-state index in [0.717, 1.165) is 33.2 Å². The summed E-state index contributed by atoms with van der Waals surface area (Å²) in [5, 5.41) is 2.54. The van der Waals surface area contributed by atoms with E-state index in [-0.39, 0.29) is 54.4 Å². The summed E-state index contributed by atoms with van der Waals surface area (Å²) in [7, 11) is 0. The molecule has 0 saturated carbocycles. The molecule has 6 nitrogen and oxygen atoms in total. The van der Waals surface area contributed by atoms with Gasteiger partial charge >= 0.3 is 0 Å². The smallest absolute Gasteiger partial charge is 0.268 e. The van der Waals surface area contributed by atoms with Crippen molar-refractivity contribution in [3.05, 3.63) is 200 Å². The number of fused-ring (bicyclic) bond motifs is 5. The van der Waals surface area contributed by atoms with Gasteiger partial charge in [0.1, 0.15) is 5.82 Å². The van der Waals surface area contributed by atoms with Gasteiger partial charge in [-0.05, 0) is 56.8 Å². The number of imidazole rings is 1. The molecule has 0 spiro atoms. The molecule has 7 aromatic carbocycles. The molecule has 0 radical (unpaired) electrons. The van der Waals surface area contributed by atoms with E-state index in [4.69, 9.17) is 27.8 Å². The third-order valence-electron chi connectivity index (χ3n) is 10.7. The number of aromatic nitrogens is 4. The summed E-state index contributed by atoms with van der Waals surface area (Å²) in [5.41, 5.74) is 4.98. The summed E-state index contributed by atoms with van der Waals surface area (Å²) >= 11 is 0. The predicted octanol–water partition coefficient (Wildman–Crippen LogP) is 13.0. The second kappa shape index (κ2) is 15.2. The summed E-state index contributed by atoms with van der Waals surface area (Å²) in [6.07, 6.45) is 6.78. The third-order valence-corrected chi connectivity index (χ3v) is 10.7. The van der Waals surface area contributed by atoms with Crippen LogP contribution in [0.2, 0.25) is 0 Å². The van der Waals surface area contributed by atoms with Crippen molar-refractivity contribution in [2.24, 2.45) is 0 Å². The van der Waals surface area contributed by atoms with Crippen molar-refractivity contribution in [1.82, 2.24) is 14.1 Å². The van der Waals surface area contributed by atoms with E-state index in [0.29, 0.717) is 39.2 Å². The van der Waals surface area contributed by atoms with Crippen molar-refractivity contribution in [1.29, 1.82) is 0 Å². The summed E-state index contributed by atoms with van der Waals surface area (Å²) in [4.78, 5) is 4.80. The van der Waals surface area contributed by atoms with Gasteiger partial charge in [-0.3, -0.25) is 9.13 Å². The Morgan fingerprint density at radius 2 is 1.38 bits per heavy atom. The quantitative estimate of drug-likeness (QED) is 0.118. The average molecular weight is 980 g/mol. The molecule has 0 atom stereocenters. The molecule has 0 aliphatic heterocycles. The van der Waals surface area contributed by atoms with Crippen LogP contribution in [0.5, 0.6) is 11.5 Å². The number of ether oxygens (including phenoxy) is 1. The normalized spacial score (nSPS) is 14.0. The molecule has 11 aromatic rings. The molecule has 7 heteroatoms. The molecular formula is C54H38N4O2Pt-2. The third kappa shape index (κ3) is 6.64. The van der Waals surface area contributed by atoms with Gasteiger partial charge in [0, 0.05) is 49.9 Å². The van der Waals surface area contributed by atoms with E-state index < -0.39 is 60.4 Å². The number of para-hydroxylation sites is 4. The minimum absolute atomic E-state index is 0. The summed E-state index contributed by atoms with van der Waals surface area (Å²) in [5.74, 6) is 1.55. The first-order valence-electron chi connectivity index (χ1n) is 24.3. The number of hydrogen-bond donors (Lipinski definition) is 0. The predicted molar refractivity (Wildman–Crippen MR) is 239 cm³/mol. The van der Waals surface area contributed by atoms with Crippen LogP contribution in [0.15, 0.2) is 180 Å². The van der Waals surface area contributed by atoms with E-state index in [1.54, 1.807) is 57.9 Å². The fourth-order valence-corrected chi connectivity index (χ4v) is 7.81. The van der Waals surface area contributed by atoms with Crippen LogP contribution < -0.4 is 9.30 Å². The number of nitrogens with zero attached hydrogens (tertiary/aromatic N) is 4. The second-order valence-corrected chi connectivity index (χ2v) is 15.3. The van der Waals surface area contributed by atoms with Crippen LogP contribution in [0.3, 0.4) is 0 Å². The minimum Gasteiger partial charge on any atom is -0.514 e. The standard InChI is InChI=1S/C54H38N4O2.Pt/c1-54(2,3)38-29-30-55-52(31-38)58-46-22-11-10-19-43(46)44-27-25-40(33-49(44)58)60-39-26-28-51-45(32-39)50(34-59-51)56-35-57(48-24-13-12-23-47(48)56)53-41(36-15-6-4-7-16-36)20-14-21-42(53)37-17-8-5-9-18-37;/h4-31,34H,1-3H3;/q-2;/i4D,5D,6D,7D,8D,9D,15D,16D,17D,18D;. The molecule has 0 saturated heterocycles. The van der Waals surface area contributed by atoms with E-state index in [1.807, 2.05) is 48.7 Å². The van der Waals surface area contributed by atoms with Crippen LogP contribution in [0.25, 0.3) is 83.3 Å². The molecule has 0 bridgehead atoms. The average Bonchev–Trinajstić information content (AvgIpc) is 4.05. The van der Waals surface area contributed by atoms with Gasteiger partial charge in [0.2, 0.25) is 0 Å². The first kappa shape index (κ1) is 28.5. The largest absolute Gasteiger partial charge is 0.514 e. The minimum atomic E-state index is -0.579. The Morgan fingerprint density at radius 3 is 2.11 bits per heavy atom. The van der Waals surface area contributed by atoms with Crippen molar-refractivity contribution < 1.29 is 48.5 Å². The van der Waals surface area contributed by atoms with Crippen LogP contribution in [0, 0.1) is 18.5 Å². The Balaban J connectivity index is 0.00000582. The second-order valence-electron chi connectivity index (χ2n) is 15.3. The van der Waals surface area contributed by atoms with Gasteiger partial charge in [0.15, 0.2) is 0 Å². The van der Waals surface area contributed by atoms with Gasteiger partial charge in [-0.1, -0.05) is 171 Å². The van der Waals surface area contributed by atoms with E-state index in [1.165, 1.54) is 0 Å². The number of pyridine rings is 1. The zero-order chi connectivity index (χ0) is 49.1. The molecule has 0 aliphatic rings. The van der Waals surface area contributed by atoms with E-state index >= 15 is 0 Å². The zero-order valence-corrected chi connectivity index (χ0v) is 35.2. The maximum absolute atomic E-state index is 9.01. The SMILES string of the molecule is [2H]c1c([2H])c([2H])c(-c2cccc(-c3c([2H])c([2H])c([2H])c([2H])c3[2H])c2-[n+]2[c-]n(-c3coc4ccc(Oc5[c-]c6c(cc5)c5ccccc5n6-c5cc(C(C)(C)C)ccn5)[c-]c34)c3ccccc32)c([2H])c1[2H].[Pt]. The van der Waals surface area contributed by atoms with Crippen LogP contribution >= 0.6 is 0 Å². The topological polar surface area (TPSA) is 49.0 Å². The van der Waals surface area contributed by atoms with Crippen LogP contribution in [0.4, 0.5) is 0 Å². The van der Waals surface area contributed by atoms with Crippen LogP contribution in [-0.4, -0.2) is 14.1 Å². The maximum Gasteiger partial charge on any atom is 0.268 e. The fourth-order valence-electron chi connectivity index (χ4n) is 7.81. The Labute approximate surface area is 382 Å². The summed E-state index contributed by atoms with van der Waals surface area (Å²) in [6.45, 7) is 6.50. The molecule has 4 aromatic heterocycles. The Kier molecular flexibility index (Phi) is 7.10. The monoisotopic (exact) mass is 979 g/mol. The van der Waals surface area contributed by atoms with Gasteiger partial charge in [-0.25, -0.2) is 4.98 Å². The fraction of sp³-hybridized carbons (Fsp3) is 0.0741. The Bertz CT molecular complexity index is 3860. The van der Waals surface area contributed by atoms with Crippen LogP contribution in [-0.2, 0) is 26.5 Å². The molecule has 0 amide bonds. The molecule has 0 fully saturated rings. The van der Waals surface area contributed by atoms with Gasteiger partial charge in [0.25, 0.3) is 6.33 Å². The van der Waals surface area contributed by atoms with E-state index in [9.17, 15) is 0 Å². The Morgan fingerprint density at radius 1 is 0.705 bits per heavy atom. The molecule has 298 valence electrons. The molecule has 11 rings (SSSR count). The van der Waals surface area contributed by atoms with Crippen molar-refractivity contribution in [2.75, 3.05) is 0 Å². The summed E-state index contributed by atoms with van der Waals surface area (Å²) in [6, 6.07) is 33.2. The van der Waals surface area contributed by atoms with E-state index in [2.05, 4.69) is 62.0 Å². The Hall–Kier alpha value is -7.01. The number of benzene rings is 7.